The molecule has 1 aromatic rings. The number of carbonyl (C=O) groups is 1. The Labute approximate surface area is 130 Å². The van der Waals surface area contributed by atoms with Crippen molar-refractivity contribution < 1.29 is 14.3 Å². The normalized spacial score (nSPS) is 21.9. The largest absolute Gasteiger partial charge is 0.381 e. The lowest BCUT2D eigenvalue weighted by Gasteiger charge is -2.28. The van der Waals surface area contributed by atoms with Crippen LogP contribution < -0.4 is 10.2 Å². The molecule has 2 aliphatic rings. The van der Waals surface area contributed by atoms with Gasteiger partial charge < -0.3 is 19.7 Å². The number of aromatic nitrogens is 2. The molecule has 7 nitrogen and oxygen atoms in total. The standard InChI is InChI=1S/C15H22N4O3/c1-11-8-14(19-3-6-21-7-4-19)18-13(17-11)9-16-15(20)12-2-5-22-10-12/h8,12H,2-7,9-10H2,1H3,(H,16,20). The number of nitrogens with zero attached hydrogens (tertiary/aromatic N) is 3. The summed E-state index contributed by atoms with van der Waals surface area (Å²) in [7, 11) is 0. The molecule has 22 heavy (non-hydrogen) atoms. The van der Waals surface area contributed by atoms with Crippen molar-refractivity contribution in [3.05, 3.63) is 17.6 Å². The van der Waals surface area contributed by atoms with E-state index >= 15 is 0 Å². The van der Waals surface area contributed by atoms with Gasteiger partial charge in [-0.3, -0.25) is 4.79 Å². The van der Waals surface area contributed by atoms with Crippen molar-refractivity contribution in [2.75, 3.05) is 44.4 Å². The smallest absolute Gasteiger partial charge is 0.225 e. The van der Waals surface area contributed by atoms with Crippen LogP contribution in [0.2, 0.25) is 0 Å². The van der Waals surface area contributed by atoms with Crippen molar-refractivity contribution >= 4 is 11.7 Å². The Morgan fingerprint density at radius 3 is 2.86 bits per heavy atom. The number of anilines is 1. The first-order chi connectivity index (χ1) is 10.7. The lowest BCUT2D eigenvalue weighted by atomic mass is 10.1. The van der Waals surface area contributed by atoms with Gasteiger partial charge in [0.2, 0.25) is 5.91 Å². The molecule has 1 amide bonds. The van der Waals surface area contributed by atoms with Gasteiger partial charge in [-0.1, -0.05) is 0 Å². The fourth-order valence-electron chi connectivity index (χ4n) is 2.70. The molecule has 0 aromatic carbocycles. The minimum atomic E-state index is -0.0384. The summed E-state index contributed by atoms with van der Waals surface area (Å²) in [5, 5.41) is 2.91. The molecule has 3 rings (SSSR count). The summed E-state index contributed by atoms with van der Waals surface area (Å²) in [6, 6.07) is 1.97. The van der Waals surface area contributed by atoms with E-state index in [1.54, 1.807) is 0 Å². The molecule has 120 valence electrons. The average Bonchev–Trinajstić information content (AvgIpc) is 3.07. The van der Waals surface area contributed by atoms with Gasteiger partial charge in [0.15, 0.2) is 0 Å². The number of morpholine rings is 1. The molecule has 0 saturated carbocycles. The number of nitrogens with one attached hydrogen (secondary N) is 1. The zero-order valence-corrected chi connectivity index (χ0v) is 12.9. The van der Waals surface area contributed by atoms with Gasteiger partial charge in [0.1, 0.15) is 11.6 Å². The number of rotatable bonds is 4. The second-order valence-corrected chi connectivity index (χ2v) is 5.66. The summed E-state index contributed by atoms with van der Waals surface area (Å²) in [6.45, 7) is 6.59. The molecule has 2 aliphatic heterocycles. The highest BCUT2D eigenvalue weighted by Crippen LogP contribution is 2.15. The number of hydrogen-bond donors (Lipinski definition) is 1. The van der Waals surface area contributed by atoms with Crippen LogP contribution >= 0.6 is 0 Å². The summed E-state index contributed by atoms with van der Waals surface area (Å²) in [5.74, 6) is 1.54. The lowest BCUT2D eigenvalue weighted by Crippen LogP contribution is -2.37. The molecule has 3 heterocycles. The maximum Gasteiger partial charge on any atom is 0.225 e. The molecule has 0 spiro atoms. The number of hydrogen-bond acceptors (Lipinski definition) is 6. The molecular formula is C15H22N4O3. The molecule has 1 unspecified atom stereocenters. The van der Waals surface area contributed by atoms with Gasteiger partial charge in [0.25, 0.3) is 0 Å². The zero-order chi connectivity index (χ0) is 15.4. The third-order valence-electron chi connectivity index (χ3n) is 3.94. The van der Waals surface area contributed by atoms with Gasteiger partial charge in [-0.25, -0.2) is 9.97 Å². The summed E-state index contributed by atoms with van der Waals surface area (Å²) >= 11 is 0. The third-order valence-corrected chi connectivity index (χ3v) is 3.94. The maximum atomic E-state index is 12.0. The minimum absolute atomic E-state index is 0.0236. The summed E-state index contributed by atoms with van der Waals surface area (Å²) in [4.78, 5) is 23.2. The Bertz CT molecular complexity index is 526. The SMILES string of the molecule is Cc1cc(N2CCOCC2)nc(CNC(=O)C2CCOC2)n1. The molecule has 0 aliphatic carbocycles. The number of carbonyl (C=O) groups excluding carboxylic acids is 1. The van der Waals surface area contributed by atoms with E-state index in [0.29, 0.717) is 25.6 Å². The van der Waals surface area contributed by atoms with Crippen LogP contribution in [0.3, 0.4) is 0 Å². The van der Waals surface area contributed by atoms with Gasteiger partial charge >= 0.3 is 0 Å². The van der Waals surface area contributed by atoms with Crippen molar-refractivity contribution in [2.24, 2.45) is 5.92 Å². The van der Waals surface area contributed by atoms with E-state index < -0.39 is 0 Å². The highest BCUT2D eigenvalue weighted by atomic mass is 16.5. The maximum absolute atomic E-state index is 12.0. The molecular weight excluding hydrogens is 284 g/mol. The van der Waals surface area contributed by atoms with Crippen molar-refractivity contribution in [3.8, 4) is 0 Å². The van der Waals surface area contributed by atoms with E-state index in [0.717, 1.165) is 44.2 Å². The van der Waals surface area contributed by atoms with Crippen LogP contribution in [0.1, 0.15) is 17.9 Å². The predicted molar refractivity (Wildman–Crippen MR) is 80.6 cm³/mol. The Morgan fingerprint density at radius 2 is 2.14 bits per heavy atom. The van der Waals surface area contributed by atoms with E-state index in [-0.39, 0.29) is 11.8 Å². The van der Waals surface area contributed by atoms with Crippen molar-refractivity contribution in [1.29, 1.82) is 0 Å². The van der Waals surface area contributed by atoms with Gasteiger partial charge in [0.05, 0.1) is 32.3 Å². The van der Waals surface area contributed by atoms with E-state index in [1.165, 1.54) is 0 Å². The highest BCUT2D eigenvalue weighted by Gasteiger charge is 2.23. The summed E-state index contributed by atoms with van der Waals surface area (Å²) in [6.07, 6.45) is 0.791. The third kappa shape index (κ3) is 3.72. The number of ether oxygens (including phenoxy) is 2. The fraction of sp³-hybridized carbons (Fsp3) is 0.667. The molecule has 1 atom stereocenters. The van der Waals surface area contributed by atoms with Crippen LogP contribution in [-0.4, -0.2) is 55.4 Å². The Morgan fingerprint density at radius 1 is 1.32 bits per heavy atom. The van der Waals surface area contributed by atoms with E-state index in [2.05, 4.69) is 20.2 Å². The lowest BCUT2D eigenvalue weighted by molar-refractivity contribution is -0.125. The second kappa shape index (κ2) is 7.02. The van der Waals surface area contributed by atoms with E-state index in [9.17, 15) is 4.79 Å². The summed E-state index contributed by atoms with van der Waals surface area (Å²) in [5.41, 5.74) is 0.907. The van der Waals surface area contributed by atoms with Crippen molar-refractivity contribution in [2.45, 2.75) is 19.9 Å². The van der Waals surface area contributed by atoms with Crippen LogP contribution in [0.25, 0.3) is 0 Å². The first-order valence-electron chi connectivity index (χ1n) is 7.75. The average molecular weight is 306 g/mol. The number of aryl methyl sites for hydroxylation is 1. The van der Waals surface area contributed by atoms with Gasteiger partial charge in [-0.15, -0.1) is 0 Å². The minimum Gasteiger partial charge on any atom is -0.381 e. The predicted octanol–water partition coefficient (Wildman–Crippen LogP) is 0.274. The molecule has 0 radical (unpaired) electrons. The first-order valence-corrected chi connectivity index (χ1v) is 7.75. The van der Waals surface area contributed by atoms with E-state index in [1.807, 2.05) is 13.0 Å². The second-order valence-electron chi connectivity index (χ2n) is 5.66. The van der Waals surface area contributed by atoms with Crippen molar-refractivity contribution in [1.82, 2.24) is 15.3 Å². The zero-order valence-electron chi connectivity index (χ0n) is 12.9. The highest BCUT2D eigenvalue weighted by molar-refractivity contribution is 5.78. The molecule has 1 N–H and O–H groups in total. The molecule has 0 bridgehead atoms. The van der Waals surface area contributed by atoms with Gasteiger partial charge in [0, 0.05) is 31.5 Å². The van der Waals surface area contributed by atoms with Crippen LogP contribution in [0, 0.1) is 12.8 Å². The molecule has 2 saturated heterocycles. The Balaban J connectivity index is 1.62. The summed E-state index contributed by atoms with van der Waals surface area (Å²) < 4.78 is 10.6. The van der Waals surface area contributed by atoms with Crippen LogP contribution in [0.15, 0.2) is 6.07 Å². The first kappa shape index (κ1) is 15.2. The van der Waals surface area contributed by atoms with Crippen LogP contribution in [0.4, 0.5) is 5.82 Å². The quantitative estimate of drug-likeness (QED) is 0.861. The van der Waals surface area contributed by atoms with Gasteiger partial charge in [-0.2, -0.15) is 0 Å². The molecule has 7 heteroatoms. The van der Waals surface area contributed by atoms with Crippen LogP contribution in [-0.2, 0) is 20.8 Å². The Hall–Kier alpha value is -1.73. The van der Waals surface area contributed by atoms with Crippen molar-refractivity contribution in [3.63, 3.8) is 0 Å². The molecule has 1 aromatic heterocycles. The Kier molecular flexibility index (Phi) is 4.84. The van der Waals surface area contributed by atoms with E-state index in [4.69, 9.17) is 9.47 Å². The fourth-order valence-corrected chi connectivity index (χ4v) is 2.70. The number of amides is 1. The topological polar surface area (TPSA) is 76.6 Å². The molecule has 2 fully saturated rings. The van der Waals surface area contributed by atoms with Crippen LogP contribution in [0.5, 0.6) is 0 Å². The van der Waals surface area contributed by atoms with Gasteiger partial charge in [-0.05, 0) is 13.3 Å². The monoisotopic (exact) mass is 306 g/mol.